The third kappa shape index (κ3) is 1.05. The molecule has 0 unspecified atom stereocenters. The van der Waals surface area contributed by atoms with E-state index in [1.807, 2.05) is 0 Å². The van der Waals surface area contributed by atoms with Gasteiger partial charge in [-0.2, -0.15) is 0 Å². The lowest BCUT2D eigenvalue weighted by Crippen LogP contribution is -2.52. The fraction of sp³-hybridized carbons (Fsp3) is 0.900. The molecule has 1 amide bonds. The van der Waals surface area contributed by atoms with Gasteiger partial charge in [0, 0.05) is 5.92 Å². The second-order valence-electron chi connectivity index (χ2n) is 5.48. The quantitative estimate of drug-likeness (QED) is 0.634. The van der Waals surface area contributed by atoms with E-state index < -0.39 is 0 Å². The first-order valence-corrected chi connectivity index (χ1v) is 4.72. The zero-order valence-corrected chi connectivity index (χ0v) is 7.89. The van der Waals surface area contributed by atoms with E-state index in [1.54, 1.807) is 0 Å². The van der Waals surface area contributed by atoms with Crippen LogP contribution in [0.5, 0.6) is 0 Å². The molecule has 0 aromatic heterocycles. The van der Waals surface area contributed by atoms with Gasteiger partial charge in [0.15, 0.2) is 0 Å². The van der Waals surface area contributed by atoms with Crippen LogP contribution in [-0.4, -0.2) is 5.91 Å². The summed E-state index contributed by atoms with van der Waals surface area (Å²) in [5, 5.41) is 0. The average Bonchev–Trinajstić information content (AvgIpc) is 1.81. The number of rotatable bonds is 1. The zero-order chi connectivity index (χ0) is 8.98. The molecular formula is C10H17NO. The third-order valence-corrected chi connectivity index (χ3v) is 3.59. The molecule has 3 aliphatic rings. The lowest BCUT2D eigenvalue weighted by atomic mass is 9.45. The van der Waals surface area contributed by atoms with E-state index in [9.17, 15) is 4.79 Å². The maximum atomic E-state index is 11.0. The Morgan fingerprint density at radius 2 is 1.67 bits per heavy atom. The number of primary amides is 1. The van der Waals surface area contributed by atoms with E-state index in [0.717, 1.165) is 12.8 Å². The molecule has 2 heteroatoms. The SMILES string of the molecule is CC12CC(C(N)=O)CC(C)(C1)C2. The lowest BCUT2D eigenvalue weighted by Gasteiger charge is -2.60. The molecule has 12 heavy (non-hydrogen) atoms. The number of amides is 1. The van der Waals surface area contributed by atoms with Crippen LogP contribution in [0.4, 0.5) is 0 Å². The van der Waals surface area contributed by atoms with E-state index >= 15 is 0 Å². The molecular weight excluding hydrogens is 150 g/mol. The van der Waals surface area contributed by atoms with Gasteiger partial charge in [-0.1, -0.05) is 13.8 Å². The molecule has 0 aromatic carbocycles. The Balaban J connectivity index is 2.12. The Labute approximate surface area is 73.5 Å². The number of hydrogen-bond donors (Lipinski definition) is 1. The van der Waals surface area contributed by atoms with Gasteiger partial charge in [0.1, 0.15) is 0 Å². The Kier molecular flexibility index (Phi) is 1.37. The van der Waals surface area contributed by atoms with Crippen molar-refractivity contribution in [2.45, 2.75) is 39.5 Å². The number of nitrogens with two attached hydrogens (primary N) is 1. The molecule has 0 heterocycles. The van der Waals surface area contributed by atoms with Gasteiger partial charge in [-0.05, 0) is 36.5 Å². The second-order valence-corrected chi connectivity index (χ2v) is 5.48. The molecule has 2 N–H and O–H groups in total. The van der Waals surface area contributed by atoms with E-state index in [2.05, 4.69) is 13.8 Å². The van der Waals surface area contributed by atoms with Crippen molar-refractivity contribution in [1.82, 2.24) is 0 Å². The van der Waals surface area contributed by atoms with Gasteiger partial charge in [-0.3, -0.25) is 4.79 Å². The Morgan fingerprint density at radius 1 is 1.25 bits per heavy atom. The van der Waals surface area contributed by atoms with Crippen molar-refractivity contribution in [3.05, 3.63) is 0 Å². The summed E-state index contributed by atoms with van der Waals surface area (Å²) in [4.78, 5) is 11.0. The number of carbonyl (C=O) groups is 1. The molecule has 3 aliphatic carbocycles. The highest BCUT2D eigenvalue weighted by atomic mass is 16.1. The van der Waals surface area contributed by atoms with Crippen LogP contribution in [-0.2, 0) is 4.79 Å². The van der Waals surface area contributed by atoms with Crippen LogP contribution in [0.2, 0.25) is 0 Å². The molecule has 0 radical (unpaired) electrons. The topological polar surface area (TPSA) is 43.1 Å². The number of carbonyl (C=O) groups excluding carboxylic acids is 1. The Hall–Kier alpha value is -0.530. The predicted octanol–water partition coefficient (Wildman–Crippen LogP) is 1.69. The van der Waals surface area contributed by atoms with E-state index in [0.29, 0.717) is 10.8 Å². The molecule has 0 aromatic rings. The lowest BCUT2D eigenvalue weighted by molar-refractivity contribution is -0.139. The minimum absolute atomic E-state index is 0.0909. The smallest absolute Gasteiger partial charge is 0.220 e. The third-order valence-electron chi connectivity index (χ3n) is 3.59. The highest BCUT2D eigenvalue weighted by Crippen LogP contribution is 2.64. The first kappa shape index (κ1) is 8.09. The van der Waals surface area contributed by atoms with Gasteiger partial charge in [0.25, 0.3) is 0 Å². The van der Waals surface area contributed by atoms with E-state index in [4.69, 9.17) is 5.73 Å². The summed E-state index contributed by atoms with van der Waals surface area (Å²) in [7, 11) is 0. The highest BCUT2D eigenvalue weighted by molar-refractivity contribution is 5.77. The molecule has 3 saturated carbocycles. The largest absolute Gasteiger partial charge is 0.369 e. The minimum atomic E-state index is -0.0909. The average molecular weight is 167 g/mol. The minimum Gasteiger partial charge on any atom is -0.369 e. The summed E-state index contributed by atoms with van der Waals surface area (Å²) >= 11 is 0. The molecule has 0 spiro atoms. The van der Waals surface area contributed by atoms with Gasteiger partial charge in [0.2, 0.25) is 5.91 Å². The van der Waals surface area contributed by atoms with Crippen LogP contribution >= 0.6 is 0 Å². The normalized spacial score (nSPS) is 51.3. The Bertz CT molecular complexity index is 212. The molecule has 68 valence electrons. The van der Waals surface area contributed by atoms with Crippen LogP contribution in [0, 0.1) is 16.7 Å². The van der Waals surface area contributed by atoms with Gasteiger partial charge in [-0.15, -0.1) is 0 Å². The molecule has 3 rings (SSSR count). The molecule has 0 saturated heterocycles. The van der Waals surface area contributed by atoms with Gasteiger partial charge in [-0.25, -0.2) is 0 Å². The summed E-state index contributed by atoms with van der Waals surface area (Å²) in [6.45, 7) is 4.56. The van der Waals surface area contributed by atoms with E-state index in [-0.39, 0.29) is 11.8 Å². The van der Waals surface area contributed by atoms with Crippen molar-refractivity contribution in [2.24, 2.45) is 22.5 Å². The van der Waals surface area contributed by atoms with Gasteiger partial charge < -0.3 is 5.73 Å². The summed E-state index contributed by atoms with van der Waals surface area (Å²) in [6, 6.07) is 0. The molecule has 2 bridgehead atoms. The molecule has 2 nitrogen and oxygen atoms in total. The van der Waals surface area contributed by atoms with Crippen molar-refractivity contribution < 1.29 is 4.79 Å². The maximum absolute atomic E-state index is 11.0. The Morgan fingerprint density at radius 3 is 2.00 bits per heavy atom. The monoisotopic (exact) mass is 167 g/mol. The first-order chi connectivity index (χ1) is 5.43. The summed E-state index contributed by atoms with van der Waals surface area (Å²) in [5.74, 6) is 0.0642. The van der Waals surface area contributed by atoms with Crippen LogP contribution in [0.15, 0.2) is 0 Å². The molecule has 0 aliphatic heterocycles. The van der Waals surface area contributed by atoms with Gasteiger partial charge >= 0.3 is 0 Å². The fourth-order valence-electron chi connectivity index (χ4n) is 3.76. The van der Waals surface area contributed by atoms with Crippen LogP contribution < -0.4 is 5.73 Å². The second kappa shape index (κ2) is 2.04. The van der Waals surface area contributed by atoms with Crippen molar-refractivity contribution in [3.8, 4) is 0 Å². The summed E-state index contributed by atoms with van der Waals surface area (Å²) in [6.07, 6.45) is 4.64. The van der Waals surface area contributed by atoms with Crippen molar-refractivity contribution >= 4 is 5.91 Å². The standard InChI is InChI=1S/C10H17NO/c1-9-3-7(8(11)12)4-10(2,5-9)6-9/h7H,3-6H2,1-2H3,(H2,11,12). The number of hydrogen-bond acceptors (Lipinski definition) is 1. The van der Waals surface area contributed by atoms with Gasteiger partial charge in [0.05, 0.1) is 0 Å². The zero-order valence-electron chi connectivity index (χ0n) is 7.89. The predicted molar refractivity (Wildman–Crippen MR) is 47.4 cm³/mol. The fourth-order valence-corrected chi connectivity index (χ4v) is 3.76. The summed E-state index contributed by atoms with van der Waals surface area (Å²) in [5.41, 5.74) is 6.20. The van der Waals surface area contributed by atoms with Crippen molar-refractivity contribution in [2.75, 3.05) is 0 Å². The van der Waals surface area contributed by atoms with E-state index in [1.165, 1.54) is 12.8 Å². The van der Waals surface area contributed by atoms with Crippen molar-refractivity contribution in [1.29, 1.82) is 0 Å². The maximum Gasteiger partial charge on any atom is 0.220 e. The number of fused-ring (bicyclic) bond motifs is 2. The first-order valence-electron chi connectivity index (χ1n) is 4.72. The van der Waals surface area contributed by atoms with Crippen molar-refractivity contribution in [3.63, 3.8) is 0 Å². The molecule has 0 atom stereocenters. The highest BCUT2D eigenvalue weighted by Gasteiger charge is 2.55. The van der Waals surface area contributed by atoms with Crippen LogP contribution in [0.3, 0.4) is 0 Å². The van der Waals surface area contributed by atoms with Crippen LogP contribution in [0.25, 0.3) is 0 Å². The molecule has 3 fully saturated rings. The summed E-state index contributed by atoms with van der Waals surface area (Å²) < 4.78 is 0. The van der Waals surface area contributed by atoms with Crippen LogP contribution in [0.1, 0.15) is 39.5 Å².